The van der Waals surface area contributed by atoms with Crippen LogP contribution in [0.2, 0.25) is 15.1 Å². The zero-order valence-corrected chi connectivity index (χ0v) is 15.0. The third-order valence-electron chi connectivity index (χ3n) is 3.02. The van der Waals surface area contributed by atoms with Crippen LogP contribution in [0, 0.1) is 0 Å². The maximum atomic E-state index is 11.7. The van der Waals surface area contributed by atoms with Crippen molar-refractivity contribution in [3.05, 3.63) is 74.0 Å². The van der Waals surface area contributed by atoms with Gasteiger partial charge in [0.25, 0.3) is 5.56 Å². The molecule has 0 amide bonds. The summed E-state index contributed by atoms with van der Waals surface area (Å²) in [7, 11) is 0. The van der Waals surface area contributed by atoms with Gasteiger partial charge in [-0.2, -0.15) is 0 Å². The van der Waals surface area contributed by atoms with Crippen molar-refractivity contribution in [2.45, 2.75) is 0 Å². The van der Waals surface area contributed by atoms with Gasteiger partial charge in [-0.3, -0.25) is 14.6 Å². The van der Waals surface area contributed by atoms with E-state index in [9.17, 15) is 4.79 Å². The number of halogens is 3. The van der Waals surface area contributed by atoms with Gasteiger partial charge in [0.05, 0.1) is 16.4 Å². The predicted molar refractivity (Wildman–Crippen MR) is 94.8 cm³/mol. The molecule has 0 saturated carbocycles. The molecule has 3 rings (SSSR count). The van der Waals surface area contributed by atoms with E-state index in [4.69, 9.17) is 34.8 Å². The van der Waals surface area contributed by atoms with Crippen molar-refractivity contribution < 1.29 is 2.85 Å². The Balaban J connectivity index is 0.00000176. The van der Waals surface area contributed by atoms with Crippen molar-refractivity contribution in [2.75, 3.05) is 0 Å². The molecule has 0 aliphatic rings. The van der Waals surface area contributed by atoms with Crippen molar-refractivity contribution in [2.24, 2.45) is 0 Å². The quantitative estimate of drug-likeness (QED) is 0.660. The fourth-order valence-electron chi connectivity index (χ4n) is 2.08. The molecule has 22 heavy (non-hydrogen) atoms. The number of nitrogens with zero attached hydrogens (tertiary/aromatic N) is 1. The maximum absolute atomic E-state index is 11.7. The number of benzene rings is 2. The summed E-state index contributed by atoms with van der Waals surface area (Å²) in [4.78, 5) is 11.7. The van der Waals surface area contributed by atoms with Crippen LogP contribution in [0.3, 0.4) is 0 Å². The molecule has 0 radical (unpaired) electrons. The topological polar surface area (TPSA) is 37.8 Å². The second-order valence-electron chi connectivity index (χ2n) is 4.44. The SMILES string of the molecule is O=c1cc(-c2ccc(Cl)cc2)n(-c2ccc(Cl)cc2Cl)[nH]1.[H-].[H-].[Mg+2]. The number of aromatic nitrogens is 2. The number of H-pyrrole nitrogens is 1. The van der Waals surface area contributed by atoms with Gasteiger partial charge in [0.2, 0.25) is 0 Å². The van der Waals surface area contributed by atoms with Crippen molar-refractivity contribution >= 4 is 57.9 Å². The molecule has 1 N–H and O–H groups in total. The number of hydrogen-bond acceptors (Lipinski definition) is 1. The Bertz CT molecular complexity index is 866. The molecule has 2 aromatic carbocycles. The van der Waals surface area contributed by atoms with Gasteiger partial charge in [0.1, 0.15) is 0 Å². The molecule has 0 fully saturated rings. The minimum atomic E-state index is -0.217. The largest absolute Gasteiger partial charge is 2.00 e. The molecule has 0 spiro atoms. The van der Waals surface area contributed by atoms with Crippen LogP contribution >= 0.6 is 34.8 Å². The Morgan fingerprint density at radius 1 is 0.909 bits per heavy atom. The van der Waals surface area contributed by atoms with Crippen LogP contribution < -0.4 is 5.56 Å². The first-order valence-corrected chi connectivity index (χ1v) is 7.21. The summed E-state index contributed by atoms with van der Waals surface area (Å²) in [6.45, 7) is 0. The summed E-state index contributed by atoms with van der Waals surface area (Å²) >= 11 is 18.0. The summed E-state index contributed by atoms with van der Waals surface area (Å²) in [6, 6.07) is 13.8. The number of rotatable bonds is 2. The van der Waals surface area contributed by atoms with E-state index in [1.165, 1.54) is 6.07 Å². The fraction of sp³-hybridized carbons (Fsp3) is 0. The molecule has 0 saturated heterocycles. The first-order chi connectivity index (χ1) is 10.0. The normalized spacial score (nSPS) is 10.3. The van der Waals surface area contributed by atoms with E-state index in [-0.39, 0.29) is 31.5 Å². The summed E-state index contributed by atoms with van der Waals surface area (Å²) in [5.41, 5.74) is 1.98. The van der Waals surface area contributed by atoms with Gasteiger partial charge >= 0.3 is 23.1 Å². The summed E-state index contributed by atoms with van der Waals surface area (Å²) in [6.07, 6.45) is 0. The van der Waals surface area contributed by atoms with E-state index in [0.717, 1.165) is 5.56 Å². The average molecular weight is 366 g/mol. The van der Waals surface area contributed by atoms with Gasteiger partial charge in [-0.25, -0.2) is 0 Å². The molecule has 3 aromatic rings. The molecule has 0 unspecified atom stereocenters. The molecule has 1 heterocycles. The number of hydrogen-bond donors (Lipinski definition) is 1. The third kappa shape index (κ3) is 3.52. The van der Waals surface area contributed by atoms with E-state index < -0.39 is 0 Å². The van der Waals surface area contributed by atoms with Crippen molar-refractivity contribution in [1.82, 2.24) is 9.78 Å². The molecular weight excluding hydrogens is 355 g/mol. The monoisotopic (exact) mass is 364 g/mol. The Kier molecular flexibility index (Phi) is 5.63. The summed E-state index contributed by atoms with van der Waals surface area (Å²) in [5.74, 6) is 0. The number of aromatic amines is 1. The van der Waals surface area contributed by atoms with E-state index in [1.54, 1.807) is 35.0 Å². The van der Waals surface area contributed by atoms with E-state index in [0.29, 0.717) is 26.4 Å². The van der Waals surface area contributed by atoms with Gasteiger partial charge in [0.15, 0.2) is 0 Å². The van der Waals surface area contributed by atoms with Gasteiger partial charge in [-0.15, -0.1) is 0 Å². The Morgan fingerprint density at radius 3 is 2.18 bits per heavy atom. The smallest absolute Gasteiger partial charge is 1.00 e. The van der Waals surface area contributed by atoms with Crippen LogP contribution in [0.15, 0.2) is 53.3 Å². The first-order valence-electron chi connectivity index (χ1n) is 6.08. The Labute approximate surface area is 160 Å². The zero-order valence-electron chi connectivity index (χ0n) is 13.3. The molecule has 110 valence electrons. The fourth-order valence-corrected chi connectivity index (χ4v) is 2.70. The summed E-state index contributed by atoms with van der Waals surface area (Å²) in [5, 5.41) is 4.35. The maximum Gasteiger partial charge on any atom is 2.00 e. The van der Waals surface area contributed by atoms with Crippen molar-refractivity contribution in [3.8, 4) is 16.9 Å². The van der Waals surface area contributed by atoms with E-state index >= 15 is 0 Å². The van der Waals surface area contributed by atoms with Gasteiger partial charge in [0, 0.05) is 21.7 Å². The number of nitrogens with one attached hydrogen (secondary N) is 1. The Hall–Kier alpha value is -0.914. The minimum Gasteiger partial charge on any atom is -1.00 e. The van der Waals surface area contributed by atoms with Crippen LogP contribution in [0.1, 0.15) is 2.85 Å². The molecule has 0 atom stereocenters. The van der Waals surface area contributed by atoms with Gasteiger partial charge < -0.3 is 2.85 Å². The molecule has 1 aromatic heterocycles. The average Bonchev–Trinajstić information content (AvgIpc) is 2.81. The zero-order chi connectivity index (χ0) is 15.0. The molecular formula is C15H11Cl3MgN2O. The van der Waals surface area contributed by atoms with E-state index in [2.05, 4.69) is 5.10 Å². The molecule has 0 aliphatic carbocycles. The molecule has 0 bridgehead atoms. The Morgan fingerprint density at radius 2 is 1.55 bits per heavy atom. The summed E-state index contributed by atoms with van der Waals surface area (Å²) < 4.78 is 1.63. The van der Waals surface area contributed by atoms with Gasteiger partial charge in [-0.1, -0.05) is 46.9 Å². The molecule has 7 heteroatoms. The predicted octanol–water partition coefficient (Wildman–Crippen LogP) is 4.64. The van der Waals surface area contributed by atoms with Crippen molar-refractivity contribution in [3.63, 3.8) is 0 Å². The van der Waals surface area contributed by atoms with E-state index in [1.807, 2.05) is 12.1 Å². The standard InChI is InChI=1S/C15H9Cl3N2O.Mg.2H/c16-10-3-1-9(2-4-10)14-8-15(21)19-20(14)13-6-5-11(17)7-12(13)18;;;/h1-8H,(H,19,21);;;/q;+2;2*-1. The van der Waals surface area contributed by atoms with Crippen LogP contribution in [0.4, 0.5) is 0 Å². The minimum absolute atomic E-state index is 0. The molecule has 3 nitrogen and oxygen atoms in total. The van der Waals surface area contributed by atoms with Crippen molar-refractivity contribution in [1.29, 1.82) is 0 Å². The molecule has 0 aliphatic heterocycles. The van der Waals surface area contributed by atoms with Crippen LogP contribution in [0.25, 0.3) is 16.9 Å². The van der Waals surface area contributed by atoms with Gasteiger partial charge in [-0.05, 0) is 30.3 Å². The van der Waals surface area contributed by atoms with Crippen LogP contribution in [0.5, 0.6) is 0 Å². The van der Waals surface area contributed by atoms with Crippen LogP contribution in [-0.4, -0.2) is 32.8 Å². The third-order valence-corrected chi connectivity index (χ3v) is 3.81. The van der Waals surface area contributed by atoms with Crippen LogP contribution in [-0.2, 0) is 0 Å². The second-order valence-corrected chi connectivity index (χ2v) is 5.72. The first kappa shape index (κ1) is 17.4. The second kappa shape index (κ2) is 7.11.